The molecule has 0 radical (unpaired) electrons. The molecule has 0 aromatic heterocycles. The summed E-state index contributed by atoms with van der Waals surface area (Å²) in [4.78, 5) is 0. The normalized spacial score (nSPS) is 14.7. The molecule has 0 fully saturated rings. The van der Waals surface area contributed by atoms with E-state index in [9.17, 15) is 5.11 Å². The van der Waals surface area contributed by atoms with E-state index in [4.69, 9.17) is 22.1 Å². The Bertz CT molecular complexity index is 330. The highest BCUT2D eigenvalue weighted by molar-refractivity contribution is 6.32. The van der Waals surface area contributed by atoms with Crippen LogP contribution in [0, 0.1) is 0 Å². The van der Waals surface area contributed by atoms with E-state index in [1.807, 2.05) is 6.92 Å². The first kappa shape index (κ1) is 12.3. The molecule has 0 bridgehead atoms. The SMILES string of the molecule is CCC(N)C(O)c1ccc(OC)c(Cl)c1. The summed E-state index contributed by atoms with van der Waals surface area (Å²) in [7, 11) is 1.55. The molecule has 3 nitrogen and oxygen atoms in total. The van der Waals surface area contributed by atoms with E-state index in [2.05, 4.69) is 0 Å². The molecule has 3 N–H and O–H groups in total. The van der Waals surface area contributed by atoms with Crippen LogP contribution in [0.15, 0.2) is 18.2 Å². The molecule has 0 aliphatic rings. The third-order valence-corrected chi connectivity index (χ3v) is 2.69. The molecule has 15 heavy (non-hydrogen) atoms. The number of methoxy groups -OCH3 is 1. The number of hydrogen-bond acceptors (Lipinski definition) is 3. The average Bonchev–Trinajstić information content (AvgIpc) is 2.26. The Balaban J connectivity index is 2.92. The standard InChI is InChI=1S/C11H16ClNO2/c1-3-9(13)11(14)7-4-5-10(15-2)8(12)6-7/h4-6,9,11,14H,3,13H2,1-2H3. The van der Waals surface area contributed by atoms with Crippen LogP contribution in [0.3, 0.4) is 0 Å². The number of nitrogens with two attached hydrogens (primary N) is 1. The van der Waals surface area contributed by atoms with E-state index in [0.717, 1.165) is 5.56 Å². The number of ether oxygens (including phenoxy) is 1. The van der Waals surface area contributed by atoms with E-state index in [-0.39, 0.29) is 6.04 Å². The zero-order valence-electron chi connectivity index (χ0n) is 8.90. The molecule has 2 unspecified atom stereocenters. The van der Waals surface area contributed by atoms with Gasteiger partial charge in [-0.3, -0.25) is 0 Å². The Morgan fingerprint density at radius 2 is 2.20 bits per heavy atom. The largest absolute Gasteiger partial charge is 0.495 e. The van der Waals surface area contributed by atoms with Crippen molar-refractivity contribution in [1.29, 1.82) is 0 Å². The average molecular weight is 230 g/mol. The van der Waals surface area contributed by atoms with Crippen LogP contribution in [-0.2, 0) is 0 Å². The van der Waals surface area contributed by atoms with Gasteiger partial charge in [0, 0.05) is 6.04 Å². The molecular formula is C11H16ClNO2. The fourth-order valence-corrected chi connectivity index (χ4v) is 1.60. The summed E-state index contributed by atoms with van der Waals surface area (Å²) in [5, 5.41) is 10.3. The Kier molecular flexibility index (Phi) is 4.39. The first-order valence-electron chi connectivity index (χ1n) is 4.87. The zero-order chi connectivity index (χ0) is 11.4. The molecule has 1 aromatic rings. The van der Waals surface area contributed by atoms with Gasteiger partial charge < -0.3 is 15.6 Å². The van der Waals surface area contributed by atoms with Gasteiger partial charge in [-0.25, -0.2) is 0 Å². The van der Waals surface area contributed by atoms with Crippen molar-refractivity contribution in [2.45, 2.75) is 25.5 Å². The van der Waals surface area contributed by atoms with Crippen molar-refractivity contribution < 1.29 is 9.84 Å². The van der Waals surface area contributed by atoms with Gasteiger partial charge in [-0.05, 0) is 24.1 Å². The Labute approximate surface area is 94.8 Å². The van der Waals surface area contributed by atoms with Crippen molar-refractivity contribution in [2.24, 2.45) is 5.73 Å². The number of rotatable bonds is 4. The lowest BCUT2D eigenvalue weighted by Gasteiger charge is -2.18. The molecule has 0 saturated heterocycles. The number of aliphatic hydroxyl groups is 1. The van der Waals surface area contributed by atoms with Gasteiger partial charge in [0.15, 0.2) is 0 Å². The maximum absolute atomic E-state index is 9.85. The summed E-state index contributed by atoms with van der Waals surface area (Å²) < 4.78 is 5.02. The molecule has 0 heterocycles. The number of halogens is 1. The van der Waals surface area contributed by atoms with Crippen molar-refractivity contribution >= 4 is 11.6 Å². The lowest BCUT2D eigenvalue weighted by atomic mass is 10.0. The van der Waals surface area contributed by atoms with E-state index in [1.165, 1.54) is 0 Å². The number of hydrogen-bond donors (Lipinski definition) is 2. The van der Waals surface area contributed by atoms with Crippen molar-refractivity contribution in [3.05, 3.63) is 28.8 Å². The second-order valence-corrected chi connectivity index (χ2v) is 3.82. The summed E-state index contributed by atoms with van der Waals surface area (Å²) in [6.07, 6.45) is 0.0311. The van der Waals surface area contributed by atoms with E-state index < -0.39 is 6.10 Å². The summed E-state index contributed by atoms with van der Waals surface area (Å²) in [5.41, 5.74) is 6.46. The Hall–Kier alpha value is -0.770. The molecule has 1 aromatic carbocycles. The lowest BCUT2D eigenvalue weighted by Crippen LogP contribution is -2.27. The number of benzene rings is 1. The molecule has 1 rings (SSSR count). The summed E-state index contributed by atoms with van der Waals surface area (Å²) in [6.45, 7) is 1.93. The summed E-state index contributed by atoms with van der Waals surface area (Å²) in [5.74, 6) is 0.595. The molecule has 84 valence electrons. The second kappa shape index (κ2) is 5.35. The van der Waals surface area contributed by atoms with Gasteiger partial charge in [0.25, 0.3) is 0 Å². The molecule has 4 heteroatoms. The van der Waals surface area contributed by atoms with Crippen LogP contribution in [0.2, 0.25) is 5.02 Å². The zero-order valence-corrected chi connectivity index (χ0v) is 9.66. The third-order valence-electron chi connectivity index (χ3n) is 2.39. The minimum Gasteiger partial charge on any atom is -0.495 e. The van der Waals surface area contributed by atoms with Crippen molar-refractivity contribution in [2.75, 3.05) is 7.11 Å². The van der Waals surface area contributed by atoms with Crippen LogP contribution in [0.1, 0.15) is 25.0 Å². The monoisotopic (exact) mass is 229 g/mol. The van der Waals surface area contributed by atoms with Gasteiger partial charge >= 0.3 is 0 Å². The van der Waals surface area contributed by atoms with Crippen LogP contribution in [0.25, 0.3) is 0 Å². The predicted octanol–water partition coefficient (Wildman–Crippen LogP) is 2.12. The van der Waals surface area contributed by atoms with Crippen molar-refractivity contribution in [3.8, 4) is 5.75 Å². The maximum atomic E-state index is 9.85. The van der Waals surface area contributed by atoms with Crippen molar-refractivity contribution in [1.82, 2.24) is 0 Å². The third kappa shape index (κ3) is 2.84. The van der Waals surface area contributed by atoms with Crippen molar-refractivity contribution in [3.63, 3.8) is 0 Å². The predicted molar refractivity (Wildman–Crippen MR) is 61.2 cm³/mol. The quantitative estimate of drug-likeness (QED) is 0.832. The highest BCUT2D eigenvalue weighted by Crippen LogP contribution is 2.28. The highest BCUT2D eigenvalue weighted by atomic mass is 35.5. The van der Waals surface area contributed by atoms with Gasteiger partial charge in [-0.1, -0.05) is 24.6 Å². The number of aliphatic hydroxyl groups excluding tert-OH is 1. The highest BCUT2D eigenvalue weighted by Gasteiger charge is 2.16. The van der Waals surface area contributed by atoms with E-state index >= 15 is 0 Å². The smallest absolute Gasteiger partial charge is 0.137 e. The van der Waals surface area contributed by atoms with E-state index in [0.29, 0.717) is 17.2 Å². The van der Waals surface area contributed by atoms with Crippen LogP contribution >= 0.6 is 11.6 Å². The molecule has 0 amide bonds. The van der Waals surface area contributed by atoms with Gasteiger partial charge in [-0.15, -0.1) is 0 Å². The first-order valence-corrected chi connectivity index (χ1v) is 5.25. The second-order valence-electron chi connectivity index (χ2n) is 3.41. The summed E-state index contributed by atoms with van der Waals surface area (Å²) >= 11 is 5.94. The Morgan fingerprint density at radius 1 is 1.53 bits per heavy atom. The topological polar surface area (TPSA) is 55.5 Å². The van der Waals surface area contributed by atoms with Gasteiger partial charge in [0.1, 0.15) is 5.75 Å². The fourth-order valence-electron chi connectivity index (χ4n) is 1.34. The van der Waals surface area contributed by atoms with Gasteiger partial charge in [0.05, 0.1) is 18.2 Å². The maximum Gasteiger partial charge on any atom is 0.137 e. The summed E-state index contributed by atoms with van der Waals surface area (Å²) in [6, 6.07) is 4.91. The minimum atomic E-state index is -0.682. The molecule has 2 atom stereocenters. The minimum absolute atomic E-state index is 0.269. The Morgan fingerprint density at radius 3 is 2.67 bits per heavy atom. The van der Waals surface area contributed by atoms with Gasteiger partial charge in [-0.2, -0.15) is 0 Å². The first-order chi connectivity index (χ1) is 7.10. The van der Waals surface area contributed by atoms with Crippen LogP contribution < -0.4 is 10.5 Å². The molecule has 0 saturated carbocycles. The van der Waals surface area contributed by atoms with Crippen LogP contribution in [0.5, 0.6) is 5.75 Å². The van der Waals surface area contributed by atoms with E-state index in [1.54, 1.807) is 25.3 Å². The molecular weight excluding hydrogens is 214 g/mol. The van der Waals surface area contributed by atoms with Gasteiger partial charge in [0.2, 0.25) is 0 Å². The van der Waals surface area contributed by atoms with Crippen LogP contribution in [0.4, 0.5) is 0 Å². The molecule has 0 aliphatic heterocycles. The van der Waals surface area contributed by atoms with Crippen LogP contribution in [-0.4, -0.2) is 18.3 Å². The lowest BCUT2D eigenvalue weighted by molar-refractivity contribution is 0.144. The fraction of sp³-hybridized carbons (Fsp3) is 0.455. The molecule has 0 spiro atoms. The molecule has 0 aliphatic carbocycles.